The number of rotatable bonds is 9. The molecule has 33 heavy (non-hydrogen) atoms. The van der Waals surface area contributed by atoms with Crippen molar-refractivity contribution in [1.29, 1.82) is 0 Å². The molecule has 0 atom stereocenters. The summed E-state index contributed by atoms with van der Waals surface area (Å²) < 4.78 is 24.9. The lowest BCUT2D eigenvalue weighted by molar-refractivity contribution is 0.105. The molecule has 0 spiro atoms. The third kappa shape index (κ3) is 5.96. The van der Waals surface area contributed by atoms with Crippen molar-refractivity contribution in [1.82, 2.24) is 0 Å². The van der Waals surface area contributed by atoms with Crippen LogP contribution in [0.1, 0.15) is 31.2 Å². The molecule has 0 aliphatic rings. The number of methoxy groups -OCH3 is 1. The Balaban J connectivity index is 1.44. The first-order valence-corrected chi connectivity index (χ1v) is 11.3. The summed E-state index contributed by atoms with van der Waals surface area (Å²) in [4.78, 5) is 14.5. The highest BCUT2D eigenvalue weighted by atomic mass is 32.1. The quantitative estimate of drug-likeness (QED) is 0.201. The number of ether oxygens (including phenoxy) is 2. The second kappa shape index (κ2) is 10.7. The summed E-state index contributed by atoms with van der Waals surface area (Å²) in [5.41, 5.74) is 2.81. The van der Waals surface area contributed by atoms with E-state index < -0.39 is 5.82 Å². The molecule has 0 fully saturated rings. The third-order valence-corrected chi connectivity index (χ3v) is 6.18. The summed E-state index contributed by atoms with van der Waals surface area (Å²) in [7, 11) is 1.57. The minimum atomic E-state index is -0.416. The van der Waals surface area contributed by atoms with E-state index in [1.165, 1.54) is 23.0 Å². The standard InChI is InChI=1S/C28H23FO3S/c1-31-26-15-12-21(17-22(26)19-32-27-10-6-5-9-24(27)29)11-14-25(30)28-16-13-23(33-28)18-20-7-3-2-4-8-20/h2-17H,18-19H2,1H3/b14-11+. The molecule has 166 valence electrons. The van der Waals surface area contributed by atoms with Crippen molar-refractivity contribution < 1.29 is 18.7 Å². The van der Waals surface area contributed by atoms with Gasteiger partial charge in [0.15, 0.2) is 17.3 Å². The van der Waals surface area contributed by atoms with Crippen LogP contribution >= 0.6 is 11.3 Å². The lowest BCUT2D eigenvalue weighted by Crippen LogP contribution is -2.00. The summed E-state index contributed by atoms with van der Waals surface area (Å²) in [6, 6.07) is 25.9. The van der Waals surface area contributed by atoms with E-state index in [1.807, 2.05) is 48.5 Å². The van der Waals surface area contributed by atoms with E-state index in [9.17, 15) is 9.18 Å². The third-order valence-electron chi connectivity index (χ3n) is 5.08. The van der Waals surface area contributed by atoms with Crippen LogP contribution in [-0.4, -0.2) is 12.9 Å². The summed E-state index contributed by atoms with van der Waals surface area (Å²) in [6.45, 7) is 0.146. The van der Waals surface area contributed by atoms with Crippen LogP contribution in [0.2, 0.25) is 0 Å². The fraction of sp³-hybridized carbons (Fsp3) is 0.107. The predicted octanol–water partition coefficient (Wildman–Crippen LogP) is 6.96. The molecule has 4 rings (SSSR count). The Morgan fingerprint density at radius 1 is 0.939 bits per heavy atom. The molecule has 0 unspecified atom stereocenters. The largest absolute Gasteiger partial charge is 0.496 e. The lowest BCUT2D eigenvalue weighted by atomic mass is 10.1. The summed E-state index contributed by atoms with van der Waals surface area (Å²) in [5.74, 6) is 0.360. The molecule has 0 bridgehead atoms. The van der Waals surface area contributed by atoms with E-state index in [-0.39, 0.29) is 18.1 Å². The first-order chi connectivity index (χ1) is 16.1. The van der Waals surface area contributed by atoms with Crippen LogP contribution < -0.4 is 9.47 Å². The molecule has 0 aliphatic carbocycles. The van der Waals surface area contributed by atoms with Gasteiger partial charge in [0, 0.05) is 16.9 Å². The summed E-state index contributed by atoms with van der Waals surface area (Å²) >= 11 is 1.51. The molecule has 0 N–H and O–H groups in total. The van der Waals surface area contributed by atoms with Gasteiger partial charge in [-0.1, -0.05) is 54.6 Å². The number of hydrogen-bond acceptors (Lipinski definition) is 4. The van der Waals surface area contributed by atoms with Gasteiger partial charge in [0.2, 0.25) is 0 Å². The van der Waals surface area contributed by atoms with Gasteiger partial charge in [-0.05, 0) is 53.6 Å². The van der Waals surface area contributed by atoms with Crippen LogP contribution in [0.25, 0.3) is 6.08 Å². The number of ketones is 1. The molecule has 0 amide bonds. The Labute approximate surface area is 196 Å². The maximum absolute atomic E-state index is 13.8. The average Bonchev–Trinajstić information content (AvgIpc) is 3.31. The highest BCUT2D eigenvalue weighted by Crippen LogP contribution is 2.25. The Morgan fingerprint density at radius 3 is 2.52 bits per heavy atom. The van der Waals surface area contributed by atoms with E-state index in [0.717, 1.165) is 22.4 Å². The normalized spacial score (nSPS) is 11.0. The van der Waals surface area contributed by atoms with Gasteiger partial charge in [0.05, 0.1) is 12.0 Å². The lowest BCUT2D eigenvalue weighted by Gasteiger charge is -2.11. The van der Waals surface area contributed by atoms with Gasteiger partial charge in [-0.15, -0.1) is 11.3 Å². The Hall–Kier alpha value is -3.70. The first-order valence-electron chi connectivity index (χ1n) is 10.5. The van der Waals surface area contributed by atoms with Crippen molar-refractivity contribution in [2.75, 3.05) is 7.11 Å². The minimum Gasteiger partial charge on any atom is -0.496 e. The smallest absolute Gasteiger partial charge is 0.195 e. The molecule has 1 heterocycles. The van der Waals surface area contributed by atoms with Crippen LogP contribution in [-0.2, 0) is 13.0 Å². The maximum Gasteiger partial charge on any atom is 0.195 e. The van der Waals surface area contributed by atoms with Crippen LogP contribution in [0.15, 0.2) is 91.0 Å². The van der Waals surface area contributed by atoms with Crippen LogP contribution in [0.4, 0.5) is 4.39 Å². The topological polar surface area (TPSA) is 35.5 Å². The maximum atomic E-state index is 13.8. The van der Waals surface area contributed by atoms with Gasteiger partial charge in [-0.25, -0.2) is 4.39 Å². The second-order valence-corrected chi connectivity index (χ2v) is 8.58. The SMILES string of the molecule is COc1ccc(/C=C/C(=O)c2ccc(Cc3ccccc3)s2)cc1COc1ccccc1F. The molecule has 5 heteroatoms. The van der Waals surface area contributed by atoms with Gasteiger partial charge in [0.25, 0.3) is 0 Å². The zero-order valence-electron chi connectivity index (χ0n) is 18.2. The number of thiophene rings is 1. The van der Waals surface area contributed by atoms with E-state index >= 15 is 0 Å². The van der Waals surface area contributed by atoms with Crippen LogP contribution in [0.5, 0.6) is 11.5 Å². The molecule has 3 aromatic carbocycles. The number of carbonyl (C=O) groups is 1. The molecule has 3 nitrogen and oxygen atoms in total. The number of para-hydroxylation sites is 1. The molecular formula is C28H23FO3S. The minimum absolute atomic E-state index is 0.0423. The molecule has 0 saturated carbocycles. The highest BCUT2D eigenvalue weighted by molar-refractivity contribution is 7.14. The average molecular weight is 459 g/mol. The van der Waals surface area contributed by atoms with Crippen molar-refractivity contribution in [2.45, 2.75) is 13.0 Å². The predicted molar refractivity (Wildman–Crippen MR) is 131 cm³/mol. The summed E-state index contributed by atoms with van der Waals surface area (Å²) in [6.07, 6.45) is 4.15. The van der Waals surface area contributed by atoms with E-state index in [2.05, 4.69) is 12.1 Å². The number of hydrogen-bond donors (Lipinski definition) is 0. The second-order valence-electron chi connectivity index (χ2n) is 7.42. The molecular weight excluding hydrogens is 435 g/mol. The van der Waals surface area contributed by atoms with Crippen LogP contribution in [0.3, 0.4) is 0 Å². The van der Waals surface area contributed by atoms with Crippen molar-refractivity contribution in [2.24, 2.45) is 0 Å². The van der Waals surface area contributed by atoms with Crippen LogP contribution in [0, 0.1) is 5.82 Å². The molecule has 1 aromatic heterocycles. The number of carbonyl (C=O) groups excluding carboxylic acids is 1. The Morgan fingerprint density at radius 2 is 1.73 bits per heavy atom. The fourth-order valence-electron chi connectivity index (χ4n) is 3.39. The first kappa shape index (κ1) is 22.5. The Bertz CT molecular complexity index is 1260. The van der Waals surface area contributed by atoms with Gasteiger partial charge in [-0.2, -0.15) is 0 Å². The van der Waals surface area contributed by atoms with Crippen molar-refractivity contribution in [3.8, 4) is 11.5 Å². The van der Waals surface area contributed by atoms with Crippen molar-refractivity contribution >= 4 is 23.2 Å². The van der Waals surface area contributed by atoms with E-state index in [0.29, 0.717) is 10.6 Å². The monoisotopic (exact) mass is 458 g/mol. The highest BCUT2D eigenvalue weighted by Gasteiger charge is 2.09. The van der Waals surface area contributed by atoms with Crippen molar-refractivity contribution in [3.63, 3.8) is 0 Å². The van der Waals surface area contributed by atoms with E-state index in [4.69, 9.17) is 9.47 Å². The number of allylic oxidation sites excluding steroid dienone is 1. The molecule has 0 aliphatic heterocycles. The van der Waals surface area contributed by atoms with Crippen molar-refractivity contribution in [3.05, 3.63) is 123 Å². The summed E-state index contributed by atoms with van der Waals surface area (Å²) in [5, 5.41) is 0. The molecule has 4 aromatic rings. The molecule has 0 saturated heterocycles. The number of benzene rings is 3. The zero-order chi connectivity index (χ0) is 23.0. The van der Waals surface area contributed by atoms with Gasteiger partial charge < -0.3 is 9.47 Å². The van der Waals surface area contributed by atoms with E-state index in [1.54, 1.807) is 37.5 Å². The van der Waals surface area contributed by atoms with Gasteiger partial charge >= 0.3 is 0 Å². The molecule has 0 radical (unpaired) electrons. The fourth-order valence-corrected chi connectivity index (χ4v) is 4.35. The van der Waals surface area contributed by atoms with Gasteiger partial charge in [-0.3, -0.25) is 4.79 Å². The zero-order valence-corrected chi connectivity index (χ0v) is 19.0. The van der Waals surface area contributed by atoms with Gasteiger partial charge in [0.1, 0.15) is 12.4 Å². The Kier molecular flexibility index (Phi) is 7.33. The number of halogens is 1.